The van der Waals surface area contributed by atoms with E-state index < -0.39 is 0 Å². The molecule has 1 aromatic rings. The van der Waals surface area contributed by atoms with Crippen LogP contribution in [0.15, 0.2) is 24.3 Å². The summed E-state index contributed by atoms with van der Waals surface area (Å²) in [6, 6.07) is 7.79. The van der Waals surface area contributed by atoms with Gasteiger partial charge in [0.05, 0.1) is 13.1 Å². The lowest BCUT2D eigenvalue weighted by Gasteiger charge is -2.42. The molecule has 1 aliphatic rings. The molecule has 4 N–H and O–H groups in total. The van der Waals surface area contributed by atoms with Crippen LogP contribution >= 0.6 is 11.6 Å². The molecule has 21 heavy (non-hydrogen) atoms. The Bertz CT molecular complexity index is 512. The number of nitrogens with one attached hydrogen (secondary N) is 2. The summed E-state index contributed by atoms with van der Waals surface area (Å²) in [6.45, 7) is 0.431. The predicted octanol–water partition coefficient (Wildman–Crippen LogP) is 0.953. The van der Waals surface area contributed by atoms with Crippen LogP contribution in [0.25, 0.3) is 0 Å². The Morgan fingerprint density at radius 1 is 1.14 bits per heavy atom. The van der Waals surface area contributed by atoms with Crippen LogP contribution in [-0.2, 0) is 15.0 Å². The minimum absolute atomic E-state index is 0.00186. The molecule has 0 atom stereocenters. The second-order valence-electron chi connectivity index (χ2n) is 5.40. The van der Waals surface area contributed by atoms with E-state index in [0.29, 0.717) is 11.6 Å². The SMILES string of the molecule is NCC(=O)NCC(=O)NCC1(c2ccc(Cl)cc2)CCC1. The van der Waals surface area contributed by atoms with E-state index in [9.17, 15) is 9.59 Å². The van der Waals surface area contributed by atoms with Gasteiger partial charge in [0.1, 0.15) is 0 Å². The van der Waals surface area contributed by atoms with Crippen molar-refractivity contribution in [1.82, 2.24) is 10.6 Å². The van der Waals surface area contributed by atoms with Gasteiger partial charge in [-0.1, -0.05) is 30.2 Å². The molecule has 0 spiro atoms. The maximum atomic E-state index is 11.7. The van der Waals surface area contributed by atoms with Crippen molar-refractivity contribution in [3.05, 3.63) is 34.9 Å². The Morgan fingerprint density at radius 3 is 2.33 bits per heavy atom. The molecule has 0 aromatic heterocycles. The molecule has 5 nitrogen and oxygen atoms in total. The predicted molar refractivity (Wildman–Crippen MR) is 82.1 cm³/mol. The normalized spacial score (nSPS) is 15.9. The summed E-state index contributed by atoms with van der Waals surface area (Å²) >= 11 is 5.91. The average Bonchev–Trinajstić information content (AvgIpc) is 2.45. The highest BCUT2D eigenvalue weighted by molar-refractivity contribution is 6.30. The van der Waals surface area contributed by atoms with Gasteiger partial charge in [0.25, 0.3) is 0 Å². The molecule has 0 bridgehead atoms. The first kappa shape index (κ1) is 15.8. The lowest BCUT2D eigenvalue weighted by molar-refractivity contribution is -0.125. The highest BCUT2D eigenvalue weighted by atomic mass is 35.5. The van der Waals surface area contributed by atoms with E-state index in [4.69, 9.17) is 17.3 Å². The molecule has 0 aliphatic heterocycles. The van der Waals surface area contributed by atoms with Gasteiger partial charge in [-0.2, -0.15) is 0 Å². The fourth-order valence-corrected chi connectivity index (χ4v) is 2.68. The van der Waals surface area contributed by atoms with Gasteiger partial charge in [-0.3, -0.25) is 9.59 Å². The van der Waals surface area contributed by atoms with Crippen molar-refractivity contribution in [2.45, 2.75) is 24.7 Å². The third-order valence-corrected chi connectivity index (χ3v) is 4.27. The molecule has 0 unspecified atom stereocenters. The number of rotatable bonds is 6. The molecule has 1 aliphatic carbocycles. The van der Waals surface area contributed by atoms with E-state index in [2.05, 4.69) is 10.6 Å². The maximum absolute atomic E-state index is 11.7. The molecule has 1 fully saturated rings. The second kappa shape index (κ2) is 6.91. The number of hydrogen-bond acceptors (Lipinski definition) is 3. The van der Waals surface area contributed by atoms with Crippen LogP contribution in [-0.4, -0.2) is 31.4 Å². The van der Waals surface area contributed by atoms with E-state index in [1.165, 1.54) is 5.56 Å². The lowest BCUT2D eigenvalue weighted by Crippen LogP contribution is -2.48. The van der Waals surface area contributed by atoms with Crippen molar-refractivity contribution in [3.63, 3.8) is 0 Å². The second-order valence-corrected chi connectivity index (χ2v) is 5.83. The number of nitrogens with two attached hydrogens (primary N) is 1. The summed E-state index contributed by atoms with van der Waals surface area (Å²) in [5, 5.41) is 6.06. The highest BCUT2D eigenvalue weighted by Gasteiger charge is 2.38. The fourth-order valence-electron chi connectivity index (χ4n) is 2.56. The maximum Gasteiger partial charge on any atom is 0.239 e. The largest absolute Gasteiger partial charge is 0.354 e. The van der Waals surface area contributed by atoms with Crippen LogP contribution in [0.2, 0.25) is 5.02 Å². The van der Waals surface area contributed by atoms with E-state index in [1.54, 1.807) is 0 Å². The summed E-state index contributed by atoms with van der Waals surface area (Å²) < 4.78 is 0. The van der Waals surface area contributed by atoms with Crippen molar-refractivity contribution < 1.29 is 9.59 Å². The third-order valence-electron chi connectivity index (χ3n) is 4.02. The Hall–Kier alpha value is -1.59. The monoisotopic (exact) mass is 309 g/mol. The topological polar surface area (TPSA) is 84.2 Å². The van der Waals surface area contributed by atoms with Crippen LogP contribution in [0.1, 0.15) is 24.8 Å². The summed E-state index contributed by atoms with van der Waals surface area (Å²) in [4.78, 5) is 22.8. The van der Waals surface area contributed by atoms with Crippen LogP contribution in [0, 0.1) is 0 Å². The Labute approximate surface area is 129 Å². The van der Waals surface area contributed by atoms with Crippen molar-refractivity contribution in [3.8, 4) is 0 Å². The van der Waals surface area contributed by atoms with E-state index >= 15 is 0 Å². The minimum atomic E-state index is -0.332. The third kappa shape index (κ3) is 3.95. The average molecular weight is 310 g/mol. The molecular weight excluding hydrogens is 290 g/mol. The number of hydrogen-bond donors (Lipinski definition) is 3. The Balaban J connectivity index is 1.89. The molecule has 0 saturated heterocycles. The summed E-state index contributed by atoms with van der Waals surface area (Å²) in [5.41, 5.74) is 6.36. The van der Waals surface area contributed by atoms with Gasteiger partial charge < -0.3 is 16.4 Å². The quantitative estimate of drug-likeness (QED) is 0.731. The van der Waals surface area contributed by atoms with E-state index in [0.717, 1.165) is 19.3 Å². The van der Waals surface area contributed by atoms with Crippen molar-refractivity contribution in [1.29, 1.82) is 0 Å². The molecule has 6 heteroatoms. The molecule has 2 amide bonds. The van der Waals surface area contributed by atoms with Gasteiger partial charge in [0.15, 0.2) is 0 Å². The van der Waals surface area contributed by atoms with Crippen LogP contribution in [0.3, 0.4) is 0 Å². The lowest BCUT2D eigenvalue weighted by atomic mass is 9.64. The van der Waals surface area contributed by atoms with Crippen LogP contribution < -0.4 is 16.4 Å². The van der Waals surface area contributed by atoms with Crippen LogP contribution in [0.4, 0.5) is 0 Å². The van der Waals surface area contributed by atoms with Gasteiger partial charge in [-0.05, 0) is 30.5 Å². The zero-order valence-corrected chi connectivity index (χ0v) is 12.6. The fraction of sp³-hybridized carbons (Fsp3) is 0.467. The zero-order valence-electron chi connectivity index (χ0n) is 11.8. The molecule has 1 aromatic carbocycles. The first-order valence-electron chi connectivity index (χ1n) is 7.05. The molecular formula is C15H20ClN3O2. The van der Waals surface area contributed by atoms with Gasteiger partial charge in [0.2, 0.25) is 11.8 Å². The van der Waals surface area contributed by atoms with Gasteiger partial charge in [-0.25, -0.2) is 0 Å². The summed E-state index contributed by atoms with van der Waals surface area (Å²) in [5.74, 6) is -0.529. The van der Waals surface area contributed by atoms with Crippen molar-refractivity contribution >= 4 is 23.4 Å². The van der Waals surface area contributed by atoms with Crippen LogP contribution in [0.5, 0.6) is 0 Å². The number of halogens is 1. The zero-order chi connectivity index (χ0) is 15.3. The molecule has 2 rings (SSSR count). The summed E-state index contributed by atoms with van der Waals surface area (Å²) in [7, 11) is 0. The molecule has 114 valence electrons. The summed E-state index contributed by atoms with van der Waals surface area (Å²) in [6.07, 6.45) is 3.25. The van der Waals surface area contributed by atoms with Gasteiger partial charge >= 0.3 is 0 Å². The molecule has 0 heterocycles. The van der Waals surface area contributed by atoms with E-state index in [1.807, 2.05) is 24.3 Å². The Morgan fingerprint density at radius 2 is 1.81 bits per heavy atom. The number of amides is 2. The first-order chi connectivity index (χ1) is 10.1. The van der Waals surface area contributed by atoms with Gasteiger partial charge in [-0.15, -0.1) is 0 Å². The van der Waals surface area contributed by atoms with Crippen molar-refractivity contribution in [2.75, 3.05) is 19.6 Å². The smallest absolute Gasteiger partial charge is 0.239 e. The van der Waals surface area contributed by atoms with E-state index in [-0.39, 0.29) is 30.3 Å². The highest BCUT2D eigenvalue weighted by Crippen LogP contribution is 2.43. The minimum Gasteiger partial charge on any atom is -0.354 e. The molecule has 1 saturated carbocycles. The standard InChI is InChI=1S/C15H20ClN3O2/c16-12-4-2-11(3-5-12)15(6-1-7-15)10-19-14(21)9-18-13(20)8-17/h2-5H,1,6-10,17H2,(H,18,20)(H,19,21). The van der Waals surface area contributed by atoms with Gasteiger partial charge in [0, 0.05) is 17.0 Å². The number of carbonyl (C=O) groups is 2. The first-order valence-corrected chi connectivity index (χ1v) is 7.43. The molecule has 0 radical (unpaired) electrons. The number of benzene rings is 1. The Kier molecular flexibility index (Phi) is 5.20. The number of carbonyl (C=O) groups excluding carboxylic acids is 2. The van der Waals surface area contributed by atoms with Crippen molar-refractivity contribution in [2.24, 2.45) is 5.73 Å².